The van der Waals surface area contributed by atoms with Crippen LogP contribution in [0.1, 0.15) is 27.6 Å². The van der Waals surface area contributed by atoms with Gasteiger partial charge in [0.2, 0.25) is 0 Å². The van der Waals surface area contributed by atoms with Crippen LogP contribution in [0.25, 0.3) is 5.57 Å². The van der Waals surface area contributed by atoms with E-state index in [0.29, 0.717) is 0 Å². The first-order valence-electron chi connectivity index (χ1n) is 9.33. The molecule has 9 nitrogen and oxygen atoms in total. The number of nitrogen functional groups attached to an aromatic ring is 1. The Kier molecular flexibility index (Phi) is 8.20. The summed E-state index contributed by atoms with van der Waals surface area (Å²) in [5.41, 5.74) is 5.98. The Labute approximate surface area is 183 Å². The summed E-state index contributed by atoms with van der Waals surface area (Å²) in [6.45, 7) is -1.03. The SMILES string of the molecule is CNCC(=N)/C(=C(/C#N)NC)c1cnc(N)c(OC(CF)c2cc(F)ccc2C(=O)O)c1. The number of rotatable bonds is 10. The molecule has 1 unspecified atom stereocenters. The van der Waals surface area contributed by atoms with Gasteiger partial charge in [-0.2, -0.15) is 5.26 Å². The average molecular weight is 444 g/mol. The number of nitrogens with two attached hydrogens (primary N) is 1. The van der Waals surface area contributed by atoms with Crippen LogP contribution in [0.5, 0.6) is 5.75 Å². The average Bonchev–Trinajstić information content (AvgIpc) is 2.76. The molecule has 0 amide bonds. The third kappa shape index (κ3) is 5.35. The molecule has 0 aliphatic carbocycles. The largest absolute Gasteiger partial charge is 0.479 e. The highest BCUT2D eigenvalue weighted by atomic mass is 19.1. The maximum atomic E-state index is 13.9. The number of carboxylic acids is 1. The van der Waals surface area contributed by atoms with Gasteiger partial charge >= 0.3 is 5.97 Å². The number of hydrogen-bond donors (Lipinski definition) is 5. The van der Waals surface area contributed by atoms with Crippen molar-refractivity contribution in [1.29, 1.82) is 10.7 Å². The second-order valence-electron chi connectivity index (χ2n) is 6.53. The molecule has 2 aromatic rings. The van der Waals surface area contributed by atoms with Crippen molar-refractivity contribution in [2.24, 2.45) is 0 Å². The Bertz CT molecular complexity index is 1100. The van der Waals surface area contributed by atoms with Crippen molar-refractivity contribution in [2.75, 3.05) is 33.0 Å². The van der Waals surface area contributed by atoms with Gasteiger partial charge in [0.05, 0.1) is 11.3 Å². The maximum Gasteiger partial charge on any atom is 0.336 e. The van der Waals surface area contributed by atoms with Crippen molar-refractivity contribution in [3.8, 4) is 11.8 Å². The van der Waals surface area contributed by atoms with Crippen molar-refractivity contribution in [3.63, 3.8) is 0 Å². The summed E-state index contributed by atoms with van der Waals surface area (Å²) in [5.74, 6) is -2.39. The third-order valence-corrected chi connectivity index (χ3v) is 4.44. The number of aromatic nitrogens is 1. The number of pyridine rings is 1. The Balaban J connectivity index is 2.57. The molecule has 32 heavy (non-hydrogen) atoms. The van der Waals surface area contributed by atoms with E-state index in [4.69, 9.17) is 15.9 Å². The van der Waals surface area contributed by atoms with E-state index in [2.05, 4.69) is 15.6 Å². The van der Waals surface area contributed by atoms with Gasteiger partial charge in [-0.15, -0.1) is 0 Å². The summed E-state index contributed by atoms with van der Waals surface area (Å²) in [6.07, 6.45) is -0.161. The van der Waals surface area contributed by atoms with Gasteiger partial charge < -0.3 is 31.6 Å². The van der Waals surface area contributed by atoms with E-state index in [1.165, 1.54) is 19.3 Å². The fourth-order valence-electron chi connectivity index (χ4n) is 2.98. The highest BCUT2D eigenvalue weighted by Crippen LogP contribution is 2.32. The zero-order valence-corrected chi connectivity index (χ0v) is 17.4. The first-order valence-corrected chi connectivity index (χ1v) is 9.33. The lowest BCUT2D eigenvalue weighted by atomic mass is 9.99. The van der Waals surface area contributed by atoms with E-state index < -0.39 is 24.6 Å². The smallest absolute Gasteiger partial charge is 0.336 e. The number of alkyl halides is 1. The first-order chi connectivity index (χ1) is 15.3. The fourth-order valence-corrected chi connectivity index (χ4v) is 2.98. The standard InChI is InChI=1S/C21H22F2N6O3/c1-27-10-15(25)19(16(8-24)28-2)11-5-17(20(26)29-9-11)32-18(7-22)14-6-12(23)3-4-13(14)21(30)31/h3-6,9,18,25,27-28H,7,10H2,1-2H3,(H2,26,29)(H,30,31)/b19-16-,25-15?. The summed E-state index contributed by atoms with van der Waals surface area (Å²) in [4.78, 5) is 15.5. The van der Waals surface area contributed by atoms with Gasteiger partial charge in [-0.25, -0.2) is 18.6 Å². The minimum atomic E-state index is -1.49. The summed E-state index contributed by atoms with van der Waals surface area (Å²) >= 11 is 0. The minimum Gasteiger partial charge on any atom is -0.479 e. The van der Waals surface area contributed by atoms with Crippen LogP contribution in [0.3, 0.4) is 0 Å². The normalized spacial score (nSPS) is 12.3. The molecule has 0 aliphatic heterocycles. The molecule has 0 fully saturated rings. The molecular formula is C21H22F2N6O3. The van der Waals surface area contributed by atoms with Crippen molar-refractivity contribution in [1.82, 2.24) is 15.6 Å². The topological polar surface area (TPSA) is 157 Å². The summed E-state index contributed by atoms with van der Waals surface area (Å²) in [5, 5.41) is 32.6. The monoisotopic (exact) mass is 444 g/mol. The van der Waals surface area contributed by atoms with Crippen LogP contribution in [0.2, 0.25) is 0 Å². The number of nitriles is 1. The van der Waals surface area contributed by atoms with E-state index in [1.54, 1.807) is 7.05 Å². The predicted octanol–water partition coefficient (Wildman–Crippen LogP) is 2.28. The van der Waals surface area contributed by atoms with E-state index in [9.17, 15) is 23.9 Å². The van der Waals surface area contributed by atoms with Gasteiger partial charge in [-0.1, -0.05) is 0 Å². The molecule has 1 aromatic carbocycles. The molecule has 0 aliphatic rings. The molecular weight excluding hydrogens is 422 g/mol. The van der Waals surface area contributed by atoms with Gasteiger partial charge in [0.15, 0.2) is 17.7 Å². The van der Waals surface area contributed by atoms with Crippen molar-refractivity contribution in [3.05, 3.63) is 58.7 Å². The zero-order chi connectivity index (χ0) is 23.8. The Hall–Kier alpha value is -4.04. The molecule has 6 N–H and O–H groups in total. The molecule has 0 bridgehead atoms. The number of halogens is 2. The second-order valence-corrected chi connectivity index (χ2v) is 6.53. The lowest BCUT2D eigenvalue weighted by Gasteiger charge is -2.20. The van der Waals surface area contributed by atoms with Gasteiger partial charge in [0.1, 0.15) is 24.3 Å². The van der Waals surface area contributed by atoms with Gasteiger partial charge in [-0.3, -0.25) is 0 Å². The van der Waals surface area contributed by atoms with Crippen molar-refractivity contribution < 1.29 is 23.4 Å². The fraction of sp³-hybridized carbons (Fsp3) is 0.238. The van der Waals surface area contributed by atoms with Crippen molar-refractivity contribution in [2.45, 2.75) is 6.10 Å². The van der Waals surface area contributed by atoms with Crippen LogP contribution < -0.4 is 21.1 Å². The maximum absolute atomic E-state index is 13.9. The molecule has 0 saturated heterocycles. The number of aromatic carboxylic acids is 1. The van der Waals surface area contributed by atoms with E-state index in [0.717, 1.165) is 18.2 Å². The lowest BCUT2D eigenvalue weighted by molar-refractivity contribution is 0.0689. The lowest BCUT2D eigenvalue weighted by Crippen LogP contribution is -2.22. The van der Waals surface area contributed by atoms with Crippen LogP contribution in [0.15, 0.2) is 36.2 Å². The number of benzene rings is 1. The molecule has 1 aromatic heterocycles. The van der Waals surface area contributed by atoms with Crippen LogP contribution in [-0.4, -0.2) is 49.1 Å². The second kappa shape index (κ2) is 10.8. The van der Waals surface area contributed by atoms with Crippen LogP contribution in [0, 0.1) is 22.6 Å². The Morgan fingerprint density at radius 2 is 2.12 bits per heavy atom. The number of hydrogen-bond acceptors (Lipinski definition) is 8. The molecule has 2 rings (SSSR count). The molecule has 0 saturated carbocycles. The summed E-state index contributed by atoms with van der Waals surface area (Å²) in [6, 6.07) is 6.17. The summed E-state index contributed by atoms with van der Waals surface area (Å²) < 4.78 is 33.2. The highest BCUT2D eigenvalue weighted by Gasteiger charge is 2.24. The number of anilines is 1. The van der Waals surface area contributed by atoms with E-state index in [1.807, 2.05) is 6.07 Å². The van der Waals surface area contributed by atoms with Gasteiger partial charge in [-0.05, 0) is 31.3 Å². The number of carbonyl (C=O) groups is 1. The molecule has 168 valence electrons. The highest BCUT2D eigenvalue weighted by molar-refractivity contribution is 6.24. The number of nitrogens with zero attached hydrogens (tertiary/aromatic N) is 2. The van der Waals surface area contributed by atoms with Crippen LogP contribution >= 0.6 is 0 Å². The van der Waals surface area contributed by atoms with Crippen molar-refractivity contribution >= 4 is 23.1 Å². The minimum absolute atomic E-state index is 0.0660. The third-order valence-electron chi connectivity index (χ3n) is 4.44. The quantitative estimate of drug-likeness (QED) is 0.276. The molecule has 11 heteroatoms. The predicted molar refractivity (Wildman–Crippen MR) is 115 cm³/mol. The molecule has 1 heterocycles. The van der Waals surface area contributed by atoms with Crippen LogP contribution in [-0.2, 0) is 0 Å². The number of ether oxygens (including phenoxy) is 1. The van der Waals surface area contributed by atoms with E-state index >= 15 is 0 Å². The number of nitrogens with one attached hydrogen (secondary N) is 3. The molecule has 0 radical (unpaired) electrons. The summed E-state index contributed by atoms with van der Waals surface area (Å²) in [7, 11) is 3.15. The number of allylic oxidation sites excluding steroid dienone is 1. The molecule has 0 spiro atoms. The molecule has 1 atom stereocenters. The van der Waals surface area contributed by atoms with Crippen LogP contribution in [0.4, 0.5) is 14.6 Å². The van der Waals surface area contributed by atoms with Gasteiger partial charge in [0.25, 0.3) is 0 Å². The van der Waals surface area contributed by atoms with E-state index in [-0.39, 0.29) is 51.8 Å². The first kappa shape index (κ1) is 24.2. The van der Waals surface area contributed by atoms with Gasteiger partial charge in [0, 0.05) is 36.5 Å². The zero-order valence-electron chi connectivity index (χ0n) is 17.4. The Morgan fingerprint density at radius 3 is 2.69 bits per heavy atom. The Morgan fingerprint density at radius 1 is 1.41 bits per heavy atom. The number of carboxylic acid groups (broad SMARTS) is 1.